The number of fused-ring (bicyclic) bond motifs is 1. The van der Waals surface area contributed by atoms with Crippen LogP contribution in [-0.4, -0.2) is 0 Å². The molecule has 0 saturated carbocycles. The highest BCUT2D eigenvalue weighted by atomic mass is 14.1. The van der Waals surface area contributed by atoms with E-state index in [0.717, 1.165) is 12.8 Å². The van der Waals surface area contributed by atoms with Crippen LogP contribution in [0.1, 0.15) is 43.4 Å². The summed E-state index contributed by atoms with van der Waals surface area (Å²) in [6.45, 7) is 4.46. The Morgan fingerprint density at radius 3 is 2.81 bits per heavy atom. The van der Waals surface area contributed by atoms with Gasteiger partial charge in [-0.2, -0.15) is 0 Å². The van der Waals surface area contributed by atoms with E-state index in [1.165, 1.54) is 35.1 Å². The van der Waals surface area contributed by atoms with Gasteiger partial charge in [-0.05, 0) is 41.5 Å². The zero-order valence-electron chi connectivity index (χ0n) is 10.3. The third-order valence-electron chi connectivity index (χ3n) is 3.22. The Hall–Kier alpha value is -1.30. The standard InChI is InChI=1S/C16H20/c1-3-5-7-13-10-11-16-14(4-2)8-6-9-15(16)12-13/h6-11H,3-5,12H2,1-2H3. The molecule has 0 bridgehead atoms. The summed E-state index contributed by atoms with van der Waals surface area (Å²) in [7, 11) is 0. The fourth-order valence-corrected chi connectivity index (χ4v) is 2.28. The van der Waals surface area contributed by atoms with E-state index in [1.807, 2.05) is 0 Å². The van der Waals surface area contributed by atoms with Gasteiger partial charge in [-0.1, -0.05) is 56.7 Å². The lowest BCUT2D eigenvalue weighted by molar-refractivity contribution is 0.943. The highest BCUT2D eigenvalue weighted by molar-refractivity contribution is 5.64. The molecule has 0 heterocycles. The molecule has 0 N–H and O–H groups in total. The van der Waals surface area contributed by atoms with Crippen molar-refractivity contribution < 1.29 is 0 Å². The van der Waals surface area contributed by atoms with Gasteiger partial charge in [-0.15, -0.1) is 0 Å². The molecule has 16 heavy (non-hydrogen) atoms. The van der Waals surface area contributed by atoms with E-state index < -0.39 is 0 Å². The second-order valence-electron chi connectivity index (χ2n) is 4.42. The summed E-state index contributed by atoms with van der Waals surface area (Å²) in [4.78, 5) is 0. The summed E-state index contributed by atoms with van der Waals surface area (Å²) in [5.74, 6) is 0. The first-order valence-electron chi connectivity index (χ1n) is 6.33. The summed E-state index contributed by atoms with van der Waals surface area (Å²) in [5, 5.41) is 0. The Morgan fingerprint density at radius 1 is 1.19 bits per heavy atom. The normalized spacial score (nSPS) is 16.5. The van der Waals surface area contributed by atoms with Crippen molar-refractivity contribution in [3.63, 3.8) is 0 Å². The minimum Gasteiger partial charge on any atom is -0.0810 e. The minimum atomic E-state index is 1.11. The van der Waals surface area contributed by atoms with Gasteiger partial charge in [0.15, 0.2) is 0 Å². The Morgan fingerprint density at radius 2 is 2.06 bits per heavy atom. The van der Waals surface area contributed by atoms with Gasteiger partial charge in [0.1, 0.15) is 0 Å². The molecule has 0 radical (unpaired) electrons. The fourth-order valence-electron chi connectivity index (χ4n) is 2.28. The lowest BCUT2D eigenvalue weighted by atomic mass is 9.89. The monoisotopic (exact) mass is 212 g/mol. The van der Waals surface area contributed by atoms with Gasteiger partial charge in [-0.25, -0.2) is 0 Å². The van der Waals surface area contributed by atoms with E-state index in [2.05, 4.69) is 50.3 Å². The van der Waals surface area contributed by atoms with Crippen LogP contribution in [0, 0.1) is 0 Å². The van der Waals surface area contributed by atoms with E-state index in [4.69, 9.17) is 0 Å². The minimum absolute atomic E-state index is 1.11. The van der Waals surface area contributed by atoms with E-state index in [1.54, 1.807) is 0 Å². The van der Waals surface area contributed by atoms with Crippen LogP contribution >= 0.6 is 0 Å². The summed E-state index contributed by atoms with van der Waals surface area (Å²) >= 11 is 0. The maximum atomic E-state index is 2.37. The number of rotatable bonds is 3. The molecular weight excluding hydrogens is 192 g/mol. The van der Waals surface area contributed by atoms with Crippen LogP contribution in [0.2, 0.25) is 0 Å². The van der Waals surface area contributed by atoms with Gasteiger partial charge in [0.2, 0.25) is 0 Å². The second-order valence-corrected chi connectivity index (χ2v) is 4.42. The molecule has 1 aromatic rings. The molecule has 0 atom stereocenters. The third-order valence-corrected chi connectivity index (χ3v) is 3.22. The molecule has 0 saturated heterocycles. The molecule has 1 aliphatic carbocycles. The summed E-state index contributed by atoms with van der Waals surface area (Å²) in [5.41, 5.74) is 5.90. The maximum absolute atomic E-state index is 2.37. The predicted octanol–water partition coefficient (Wildman–Crippen LogP) is 4.54. The van der Waals surface area contributed by atoms with Gasteiger partial charge in [0.05, 0.1) is 0 Å². The molecule has 1 aliphatic rings. The van der Waals surface area contributed by atoms with Crippen molar-refractivity contribution in [3.05, 3.63) is 52.6 Å². The Kier molecular flexibility index (Phi) is 3.61. The van der Waals surface area contributed by atoms with Crippen LogP contribution in [0.5, 0.6) is 0 Å². The van der Waals surface area contributed by atoms with Crippen molar-refractivity contribution in [1.29, 1.82) is 0 Å². The summed E-state index contributed by atoms with van der Waals surface area (Å²) < 4.78 is 0. The molecule has 0 heteroatoms. The number of unbranched alkanes of at least 4 members (excludes halogenated alkanes) is 1. The molecule has 0 unspecified atom stereocenters. The van der Waals surface area contributed by atoms with E-state index in [0.29, 0.717) is 0 Å². The summed E-state index contributed by atoms with van der Waals surface area (Å²) in [6, 6.07) is 6.69. The first-order valence-corrected chi connectivity index (χ1v) is 6.33. The Balaban J connectivity index is 2.29. The van der Waals surface area contributed by atoms with Crippen molar-refractivity contribution in [1.82, 2.24) is 0 Å². The number of benzene rings is 1. The molecule has 0 aliphatic heterocycles. The molecule has 1 aromatic carbocycles. The van der Waals surface area contributed by atoms with Gasteiger partial charge in [-0.3, -0.25) is 0 Å². The van der Waals surface area contributed by atoms with Crippen LogP contribution in [0.3, 0.4) is 0 Å². The van der Waals surface area contributed by atoms with Crippen molar-refractivity contribution in [2.75, 3.05) is 0 Å². The smallest absolute Gasteiger partial charge is 0.00229 e. The average Bonchev–Trinajstić information content (AvgIpc) is 2.35. The Labute approximate surface area is 98.7 Å². The summed E-state index contributed by atoms with van der Waals surface area (Å²) in [6.07, 6.45) is 11.6. The average molecular weight is 212 g/mol. The maximum Gasteiger partial charge on any atom is -0.00229 e. The largest absolute Gasteiger partial charge is 0.0810 e. The van der Waals surface area contributed by atoms with Crippen LogP contribution in [-0.2, 0) is 12.8 Å². The van der Waals surface area contributed by atoms with Crippen molar-refractivity contribution in [3.8, 4) is 0 Å². The van der Waals surface area contributed by atoms with E-state index >= 15 is 0 Å². The molecule has 0 spiro atoms. The second kappa shape index (κ2) is 5.16. The molecule has 2 rings (SSSR count). The van der Waals surface area contributed by atoms with Gasteiger partial charge < -0.3 is 0 Å². The van der Waals surface area contributed by atoms with Gasteiger partial charge >= 0.3 is 0 Å². The van der Waals surface area contributed by atoms with Crippen molar-refractivity contribution >= 4 is 6.08 Å². The zero-order valence-corrected chi connectivity index (χ0v) is 10.3. The van der Waals surface area contributed by atoms with Crippen LogP contribution in [0.4, 0.5) is 0 Å². The highest BCUT2D eigenvalue weighted by Gasteiger charge is 2.09. The lowest BCUT2D eigenvalue weighted by Crippen LogP contribution is -2.00. The SMILES string of the molecule is CCCC=C1C=Cc2c(CC)cccc2C1. The molecule has 0 fully saturated rings. The van der Waals surface area contributed by atoms with Crippen LogP contribution < -0.4 is 0 Å². The number of hydrogen-bond acceptors (Lipinski definition) is 0. The molecule has 0 amide bonds. The van der Waals surface area contributed by atoms with Crippen LogP contribution in [0.25, 0.3) is 6.08 Å². The topological polar surface area (TPSA) is 0 Å². The molecule has 0 nitrogen and oxygen atoms in total. The first-order chi connectivity index (χ1) is 7.85. The van der Waals surface area contributed by atoms with Crippen molar-refractivity contribution in [2.24, 2.45) is 0 Å². The zero-order chi connectivity index (χ0) is 11.4. The number of hydrogen-bond donors (Lipinski definition) is 0. The van der Waals surface area contributed by atoms with Crippen molar-refractivity contribution in [2.45, 2.75) is 39.5 Å². The quantitative estimate of drug-likeness (QED) is 0.689. The number of aryl methyl sites for hydroxylation is 1. The molecule has 0 aromatic heterocycles. The van der Waals surface area contributed by atoms with Gasteiger partial charge in [0, 0.05) is 0 Å². The predicted molar refractivity (Wildman–Crippen MR) is 71.5 cm³/mol. The lowest BCUT2D eigenvalue weighted by Gasteiger charge is -2.16. The van der Waals surface area contributed by atoms with E-state index in [-0.39, 0.29) is 0 Å². The first kappa shape index (κ1) is 11.2. The molecular formula is C16H20. The Bertz CT molecular complexity index is 422. The fraction of sp³-hybridized carbons (Fsp3) is 0.375. The van der Waals surface area contributed by atoms with E-state index in [9.17, 15) is 0 Å². The third kappa shape index (κ3) is 2.27. The number of allylic oxidation sites excluding steroid dienone is 3. The molecule has 84 valence electrons. The highest BCUT2D eigenvalue weighted by Crippen LogP contribution is 2.26. The van der Waals surface area contributed by atoms with Crippen LogP contribution in [0.15, 0.2) is 35.9 Å². The van der Waals surface area contributed by atoms with Gasteiger partial charge in [0.25, 0.3) is 0 Å².